The molecule has 0 bridgehead atoms. The number of hydrogen-bond donors (Lipinski definition) is 0. The summed E-state index contributed by atoms with van der Waals surface area (Å²) >= 11 is 5.93. The molecule has 0 unspecified atom stereocenters. The van der Waals surface area contributed by atoms with Gasteiger partial charge in [-0.3, -0.25) is 0 Å². The predicted molar refractivity (Wildman–Crippen MR) is 120 cm³/mol. The van der Waals surface area contributed by atoms with Gasteiger partial charge in [0.1, 0.15) is 18.1 Å². The van der Waals surface area contributed by atoms with E-state index in [1.54, 1.807) is 69.1 Å². The molecule has 0 spiro atoms. The maximum absolute atomic E-state index is 12.7. The van der Waals surface area contributed by atoms with Crippen molar-refractivity contribution < 1.29 is 23.4 Å². The summed E-state index contributed by atoms with van der Waals surface area (Å²) in [5, 5.41) is 8.63. The summed E-state index contributed by atoms with van der Waals surface area (Å²) in [4.78, 5) is 17.1. The first-order valence-electron chi connectivity index (χ1n) is 9.96. The molecule has 0 aliphatic carbocycles. The van der Waals surface area contributed by atoms with E-state index in [9.17, 15) is 4.79 Å². The van der Waals surface area contributed by atoms with Crippen molar-refractivity contribution >= 4 is 17.6 Å². The zero-order valence-corrected chi connectivity index (χ0v) is 19.2. The Morgan fingerprint density at radius 1 is 1.09 bits per heavy atom. The van der Waals surface area contributed by atoms with E-state index in [0.29, 0.717) is 45.1 Å². The van der Waals surface area contributed by atoms with Gasteiger partial charge in [-0.15, -0.1) is 5.10 Å². The summed E-state index contributed by atoms with van der Waals surface area (Å²) in [6.45, 7) is 3.39. The molecule has 0 amide bonds. The molecule has 2 aromatic heterocycles. The number of ether oxygens (including phenoxy) is 3. The van der Waals surface area contributed by atoms with Gasteiger partial charge in [-0.05, 0) is 50.2 Å². The van der Waals surface area contributed by atoms with Crippen LogP contribution in [0.5, 0.6) is 11.5 Å². The summed E-state index contributed by atoms with van der Waals surface area (Å²) in [5.74, 6) is 1.29. The van der Waals surface area contributed by atoms with Crippen molar-refractivity contribution in [3.63, 3.8) is 0 Å². The van der Waals surface area contributed by atoms with Crippen molar-refractivity contribution in [2.24, 2.45) is 0 Å². The maximum Gasteiger partial charge on any atom is 0.361 e. The van der Waals surface area contributed by atoms with Gasteiger partial charge in [-0.25, -0.2) is 14.5 Å². The topological polar surface area (TPSA) is 102 Å². The molecule has 170 valence electrons. The first-order valence-corrected chi connectivity index (χ1v) is 10.3. The molecule has 0 saturated heterocycles. The molecule has 2 heterocycles. The van der Waals surface area contributed by atoms with Crippen LogP contribution in [0, 0.1) is 13.8 Å². The highest BCUT2D eigenvalue weighted by molar-refractivity contribution is 6.30. The Hall–Kier alpha value is -3.85. The Kier molecular flexibility index (Phi) is 6.32. The number of hydrogen-bond acceptors (Lipinski definition) is 8. The minimum atomic E-state index is -0.615. The van der Waals surface area contributed by atoms with Gasteiger partial charge in [0, 0.05) is 5.02 Å². The molecule has 0 atom stereocenters. The third kappa shape index (κ3) is 4.40. The molecule has 0 aliphatic heterocycles. The molecule has 2 aromatic carbocycles. The Balaban J connectivity index is 1.51. The molecule has 4 aromatic rings. The standard InChI is InChI=1S/C23H21ClN4O5/c1-13-20(26-27-28(13)16-10-8-15(24)9-11-16)23(29)32-12-18-14(2)33-22(25-18)17-6-5-7-19(30-3)21(17)31-4/h5-11H,12H2,1-4H3. The van der Waals surface area contributed by atoms with E-state index in [-0.39, 0.29) is 12.3 Å². The van der Waals surface area contributed by atoms with Gasteiger partial charge in [0.05, 0.1) is 31.2 Å². The summed E-state index contributed by atoms with van der Waals surface area (Å²) in [6.07, 6.45) is 0. The minimum Gasteiger partial charge on any atom is -0.493 e. The monoisotopic (exact) mass is 468 g/mol. The lowest BCUT2D eigenvalue weighted by atomic mass is 10.2. The first-order chi connectivity index (χ1) is 15.9. The SMILES string of the molecule is COc1cccc(-c2nc(COC(=O)c3nnn(-c4ccc(Cl)cc4)c3C)c(C)o2)c1OC. The van der Waals surface area contributed by atoms with Crippen LogP contribution in [0.15, 0.2) is 46.9 Å². The Labute approximate surface area is 194 Å². The smallest absolute Gasteiger partial charge is 0.361 e. The van der Waals surface area contributed by atoms with Crippen molar-refractivity contribution in [2.45, 2.75) is 20.5 Å². The number of rotatable bonds is 7. The maximum atomic E-state index is 12.7. The number of aryl methyl sites for hydroxylation is 1. The van der Waals surface area contributed by atoms with Gasteiger partial charge >= 0.3 is 5.97 Å². The Bertz CT molecular complexity index is 1300. The minimum absolute atomic E-state index is 0.0896. The van der Waals surface area contributed by atoms with E-state index in [1.165, 1.54) is 0 Å². The summed E-state index contributed by atoms with van der Waals surface area (Å²) < 4.78 is 23.6. The van der Waals surface area contributed by atoms with E-state index in [2.05, 4.69) is 15.3 Å². The number of benzene rings is 2. The number of carbonyl (C=O) groups excluding carboxylic acids is 1. The number of halogens is 1. The van der Waals surface area contributed by atoms with E-state index in [0.717, 1.165) is 5.69 Å². The molecule has 0 radical (unpaired) electrons. The number of aromatic nitrogens is 4. The fourth-order valence-corrected chi connectivity index (χ4v) is 3.41. The molecule has 9 nitrogen and oxygen atoms in total. The van der Waals surface area contributed by atoms with Gasteiger partial charge < -0.3 is 18.6 Å². The second-order valence-corrected chi connectivity index (χ2v) is 7.49. The lowest BCUT2D eigenvalue weighted by molar-refractivity contribution is 0.0459. The molecule has 10 heteroatoms. The highest BCUT2D eigenvalue weighted by Crippen LogP contribution is 2.38. The number of carbonyl (C=O) groups is 1. The quantitative estimate of drug-likeness (QED) is 0.363. The number of para-hydroxylation sites is 1. The zero-order chi connectivity index (χ0) is 23.5. The van der Waals surface area contributed by atoms with Crippen LogP contribution < -0.4 is 9.47 Å². The van der Waals surface area contributed by atoms with Crippen LogP contribution in [0.1, 0.15) is 27.6 Å². The van der Waals surface area contributed by atoms with Crippen LogP contribution >= 0.6 is 11.6 Å². The van der Waals surface area contributed by atoms with E-state index >= 15 is 0 Å². The number of esters is 1. The van der Waals surface area contributed by atoms with Crippen molar-refractivity contribution in [1.29, 1.82) is 0 Å². The average Bonchev–Trinajstić information content (AvgIpc) is 3.39. The number of methoxy groups -OCH3 is 2. The molecular formula is C23H21ClN4O5. The van der Waals surface area contributed by atoms with Crippen LogP contribution in [-0.4, -0.2) is 40.2 Å². The molecule has 33 heavy (non-hydrogen) atoms. The third-order valence-corrected chi connectivity index (χ3v) is 5.28. The third-order valence-electron chi connectivity index (χ3n) is 5.03. The lowest BCUT2D eigenvalue weighted by Crippen LogP contribution is -2.09. The van der Waals surface area contributed by atoms with Gasteiger partial charge in [-0.2, -0.15) is 0 Å². The van der Waals surface area contributed by atoms with Crippen LogP contribution in [-0.2, 0) is 11.3 Å². The summed E-state index contributed by atoms with van der Waals surface area (Å²) in [7, 11) is 3.10. The largest absolute Gasteiger partial charge is 0.493 e. The number of nitrogens with zero attached hydrogens (tertiary/aromatic N) is 4. The summed E-state index contributed by atoms with van der Waals surface area (Å²) in [6, 6.07) is 12.4. The molecule has 0 saturated carbocycles. The Morgan fingerprint density at radius 2 is 1.85 bits per heavy atom. The second-order valence-electron chi connectivity index (χ2n) is 7.05. The zero-order valence-electron chi connectivity index (χ0n) is 18.5. The number of oxazole rings is 1. The highest BCUT2D eigenvalue weighted by atomic mass is 35.5. The average molecular weight is 469 g/mol. The molecule has 0 fully saturated rings. The highest BCUT2D eigenvalue weighted by Gasteiger charge is 2.22. The molecule has 4 rings (SSSR count). The van der Waals surface area contributed by atoms with Crippen molar-refractivity contribution in [3.8, 4) is 28.6 Å². The molecule has 0 aliphatic rings. The van der Waals surface area contributed by atoms with Crippen LogP contribution in [0.3, 0.4) is 0 Å². The lowest BCUT2D eigenvalue weighted by Gasteiger charge is -2.09. The fourth-order valence-electron chi connectivity index (χ4n) is 3.28. The van der Waals surface area contributed by atoms with Crippen molar-refractivity contribution in [3.05, 3.63) is 70.3 Å². The molecule has 0 N–H and O–H groups in total. The molecular weight excluding hydrogens is 448 g/mol. The van der Waals surface area contributed by atoms with E-state index < -0.39 is 5.97 Å². The van der Waals surface area contributed by atoms with Gasteiger partial charge in [0.25, 0.3) is 0 Å². The van der Waals surface area contributed by atoms with Gasteiger partial charge in [0.15, 0.2) is 17.2 Å². The normalized spacial score (nSPS) is 10.8. The first kappa shape index (κ1) is 22.3. The van der Waals surface area contributed by atoms with E-state index in [1.807, 2.05) is 6.07 Å². The summed E-state index contributed by atoms with van der Waals surface area (Å²) in [5.41, 5.74) is 2.49. The van der Waals surface area contributed by atoms with E-state index in [4.69, 9.17) is 30.2 Å². The Morgan fingerprint density at radius 3 is 2.55 bits per heavy atom. The van der Waals surface area contributed by atoms with Crippen LogP contribution in [0.25, 0.3) is 17.1 Å². The van der Waals surface area contributed by atoms with Gasteiger partial charge in [0.2, 0.25) is 5.89 Å². The fraction of sp³-hybridized carbons (Fsp3) is 0.217. The second kappa shape index (κ2) is 9.33. The predicted octanol–water partition coefficient (Wildman–Crippen LogP) is 4.57. The van der Waals surface area contributed by atoms with Gasteiger partial charge in [-0.1, -0.05) is 22.9 Å². The van der Waals surface area contributed by atoms with Crippen molar-refractivity contribution in [2.75, 3.05) is 14.2 Å². The van der Waals surface area contributed by atoms with Crippen LogP contribution in [0.2, 0.25) is 5.02 Å². The van der Waals surface area contributed by atoms with Crippen LogP contribution in [0.4, 0.5) is 0 Å². The van der Waals surface area contributed by atoms with Crippen molar-refractivity contribution in [1.82, 2.24) is 20.0 Å².